The van der Waals surface area contributed by atoms with Crippen molar-refractivity contribution >= 4 is 29.4 Å². The number of allylic oxidation sites excluding steroid dienone is 2. The lowest BCUT2D eigenvalue weighted by atomic mass is 9.79. The molecular formula is C22H20F3N3O7. The number of phenols is 1. The van der Waals surface area contributed by atoms with Crippen LogP contribution in [-0.4, -0.2) is 75.3 Å². The van der Waals surface area contributed by atoms with E-state index >= 15 is 0 Å². The molecule has 4 aliphatic rings. The Balaban J connectivity index is 0.000000364. The smallest absolute Gasteiger partial charge is 0.490 e. The van der Waals surface area contributed by atoms with Crippen LogP contribution in [0.2, 0.25) is 0 Å². The number of halogens is 3. The van der Waals surface area contributed by atoms with E-state index in [0.29, 0.717) is 42.8 Å². The van der Waals surface area contributed by atoms with Crippen LogP contribution >= 0.6 is 0 Å². The third-order valence-electron chi connectivity index (χ3n) is 6.33. The van der Waals surface area contributed by atoms with Gasteiger partial charge in [-0.2, -0.15) is 13.2 Å². The van der Waals surface area contributed by atoms with Crippen molar-refractivity contribution in [2.24, 2.45) is 5.92 Å². The number of amides is 2. The maximum atomic E-state index is 12.9. The second-order valence-electron chi connectivity index (χ2n) is 8.42. The normalized spacial score (nSPS) is 26.4. The van der Waals surface area contributed by atoms with Crippen molar-refractivity contribution in [1.29, 1.82) is 0 Å². The number of phenolic OH excluding ortho intramolecular Hbond substituents is 1. The Kier molecular flexibility index (Phi) is 6.05. The summed E-state index contributed by atoms with van der Waals surface area (Å²) in [4.78, 5) is 49.0. The molecule has 4 N–H and O–H groups in total. The molecule has 0 spiro atoms. The molecule has 0 bridgehead atoms. The molecule has 3 saturated heterocycles. The number of β-lactam (4-membered cyclic amide) rings is 1. The number of carboxylic acid groups (broad SMARTS) is 2. The fourth-order valence-corrected chi connectivity index (χ4v) is 4.79. The molecule has 3 fully saturated rings. The highest BCUT2D eigenvalue weighted by Gasteiger charge is 2.59. The predicted molar refractivity (Wildman–Crippen MR) is 112 cm³/mol. The summed E-state index contributed by atoms with van der Waals surface area (Å²) in [5.74, 6) is -3.98. The van der Waals surface area contributed by atoms with Gasteiger partial charge in [-0.15, -0.1) is 0 Å². The zero-order chi connectivity index (χ0) is 25.7. The number of hydrogen-bond acceptors (Lipinski definition) is 6. The number of nitrogens with one attached hydrogen (secondary N) is 1. The summed E-state index contributed by atoms with van der Waals surface area (Å²) >= 11 is 0. The minimum Gasteiger partial charge on any atom is -0.508 e. The Hall–Kier alpha value is -3.87. The van der Waals surface area contributed by atoms with Gasteiger partial charge < -0.3 is 25.5 Å². The van der Waals surface area contributed by atoms with Crippen LogP contribution in [0.1, 0.15) is 12.8 Å². The summed E-state index contributed by atoms with van der Waals surface area (Å²) in [6, 6.07) is 6.03. The van der Waals surface area contributed by atoms with E-state index in [-0.39, 0.29) is 41.3 Å². The second kappa shape index (κ2) is 8.73. The molecule has 4 heterocycles. The number of benzene rings is 1. The maximum absolute atomic E-state index is 12.9. The zero-order valence-electron chi connectivity index (χ0n) is 18.0. The second-order valence-corrected chi connectivity index (χ2v) is 8.42. The maximum Gasteiger partial charge on any atom is 0.490 e. The van der Waals surface area contributed by atoms with Gasteiger partial charge >= 0.3 is 18.1 Å². The third-order valence-corrected chi connectivity index (χ3v) is 6.33. The minimum atomic E-state index is -5.08. The van der Waals surface area contributed by atoms with Gasteiger partial charge in [-0.05, 0) is 54.7 Å². The Morgan fingerprint density at radius 2 is 1.74 bits per heavy atom. The molecule has 3 atom stereocenters. The molecule has 10 nitrogen and oxygen atoms in total. The van der Waals surface area contributed by atoms with Gasteiger partial charge in [-0.25, -0.2) is 9.59 Å². The van der Waals surface area contributed by atoms with Crippen LogP contribution < -0.4 is 10.2 Å². The molecule has 0 aromatic heterocycles. The summed E-state index contributed by atoms with van der Waals surface area (Å²) in [5.41, 5.74) is 1.77. The van der Waals surface area contributed by atoms with Gasteiger partial charge in [0.15, 0.2) is 0 Å². The summed E-state index contributed by atoms with van der Waals surface area (Å²) in [6.07, 6.45) is -2.38. The van der Waals surface area contributed by atoms with Crippen LogP contribution in [0.3, 0.4) is 0 Å². The average molecular weight is 495 g/mol. The van der Waals surface area contributed by atoms with E-state index in [4.69, 9.17) is 9.90 Å². The average Bonchev–Trinajstić information content (AvgIpc) is 3.35. The SMILES string of the molecule is O=C(O)C(F)(F)F.O=C(O)C1=C(/C=C2\CCN(c3ccc(O)cc3)C2=O)C[C@@H]2CN[C@@H]3C(=O)N1[C@H]23. The van der Waals surface area contributed by atoms with Crippen molar-refractivity contribution < 1.29 is 47.7 Å². The van der Waals surface area contributed by atoms with Gasteiger partial charge in [0.05, 0.1) is 6.04 Å². The Labute approximate surface area is 195 Å². The van der Waals surface area contributed by atoms with Crippen LogP contribution in [-0.2, 0) is 19.2 Å². The highest BCUT2D eigenvalue weighted by Crippen LogP contribution is 2.44. The van der Waals surface area contributed by atoms with Gasteiger partial charge in [0.25, 0.3) is 5.91 Å². The standard InChI is InChI=1S/C20H19N3O5.C2HF3O2/c24-14-3-1-13(2-4-14)22-6-5-10(18(22)25)7-11-8-12-9-21-15-16(12)23(19(15)26)17(11)20(27)28;3-2(4,5)1(6)7/h1-4,7,12,15-16,21,24H,5-6,8-9H2,(H,27,28);(H,6,7)/b10-7+;/t12-,15+,16-;/m1./s1. The van der Waals surface area contributed by atoms with Crippen LogP contribution in [0.15, 0.2) is 47.2 Å². The molecule has 186 valence electrons. The van der Waals surface area contributed by atoms with Crippen molar-refractivity contribution in [2.45, 2.75) is 31.1 Å². The van der Waals surface area contributed by atoms with Gasteiger partial charge in [0.1, 0.15) is 17.5 Å². The van der Waals surface area contributed by atoms with E-state index in [9.17, 15) is 37.8 Å². The van der Waals surface area contributed by atoms with Crippen LogP contribution in [0.25, 0.3) is 0 Å². The highest BCUT2D eigenvalue weighted by atomic mass is 19.4. The van der Waals surface area contributed by atoms with Crippen molar-refractivity contribution in [3.63, 3.8) is 0 Å². The number of anilines is 1. The number of aliphatic carboxylic acids is 2. The van der Waals surface area contributed by atoms with Gasteiger partial charge in [0, 0.05) is 24.4 Å². The zero-order valence-corrected chi connectivity index (χ0v) is 18.0. The van der Waals surface area contributed by atoms with E-state index in [1.54, 1.807) is 23.1 Å². The molecule has 1 aromatic rings. The molecule has 1 aromatic carbocycles. The largest absolute Gasteiger partial charge is 0.508 e. The van der Waals surface area contributed by atoms with E-state index in [0.717, 1.165) is 0 Å². The van der Waals surface area contributed by atoms with Crippen molar-refractivity contribution in [1.82, 2.24) is 10.2 Å². The first-order chi connectivity index (χ1) is 16.4. The summed E-state index contributed by atoms with van der Waals surface area (Å²) in [7, 11) is 0. The summed E-state index contributed by atoms with van der Waals surface area (Å²) < 4.78 is 31.7. The summed E-state index contributed by atoms with van der Waals surface area (Å²) in [5, 5.41) is 29.4. The molecule has 0 radical (unpaired) electrons. The van der Waals surface area contributed by atoms with Crippen LogP contribution in [0.5, 0.6) is 5.75 Å². The van der Waals surface area contributed by atoms with Gasteiger partial charge in [-0.3, -0.25) is 14.5 Å². The van der Waals surface area contributed by atoms with E-state index in [1.165, 1.54) is 17.0 Å². The molecule has 4 aliphatic heterocycles. The molecule has 5 rings (SSSR count). The lowest BCUT2D eigenvalue weighted by molar-refractivity contribution is -0.192. The van der Waals surface area contributed by atoms with E-state index < -0.39 is 18.1 Å². The number of aromatic hydroxyl groups is 1. The lowest BCUT2D eigenvalue weighted by Gasteiger charge is -2.48. The first-order valence-corrected chi connectivity index (χ1v) is 10.5. The molecule has 0 unspecified atom stereocenters. The number of hydrogen-bond donors (Lipinski definition) is 4. The van der Waals surface area contributed by atoms with Crippen LogP contribution in [0, 0.1) is 5.92 Å². The fourth-order valence-electron chi connectivity index (χ4n) is 4.79. The molecule has 0 aliphatic carbocycles. The third kappa shape index (κ3) is 4.34. The topological polar surface area (TPSA) is 147 Å². The number of carbonyl (C=O) groups excluding carboxylic acids is 2. The highest BCUT2D eigenvalue weighted by molar-refractivity contribution is 6.09. The van der Waals surface area contributed by atoms with Gasteiger partial charge in [-0.1, -0.05) is 0 Å². The van der Waals surface area contributed by atoms with Crippen LogP contribution in [0.4, 0.5) is 18.9 Å². The monoisotopic (exact) mass is 495 g/mol. The van der Waals surface area contributed by atoms with Gasteiger partial charge in [0.2, 0.25) is 5.91 Å². The predicted octanol–water partition coefficient (Wildman–Crippen LogP) is 1.23. The van der Waals surface area contributed by atoms with Crippen molar-refractivity contribution in [3.8, 4) is 5.75 Å². The molecule has 35 heavy (non-hydrogen) atoms. The quantitative estimate of drug-likeness (QED) is 0.362. The first kappa shape index (κ1) is 24.3. The molecule has 0 saturated carbocycles. The molecule has 13 heteroatoms. The molecule has 2 amide bonds. The number of alkyl halides is 3. The number of rotatable bonds is 3. The Bertz CT molecular complexity index is 1160. The number of carbonyl (C=O) groups is 4. The Morgan fingerprint density at radius 1 is 1.11 bits per heavy atom. The first-order valence-electron chi connectivity index (χ1n) is 10.5. The van der Waals surface area contributed by atoms with Crippen molar-refractivity contribution in [3.05, 3.63) is 47.2 Å². The fraction of sp³-hybridized carbons (Fsp3) is 0.364. The summed E-state index contributed by atoms with van der Waals surface area (Å²) in [6.45, 7) is 1.16. The molecular weight excluding hydrogens is 475 g/mol. The number of carboxylic acids is 2. The van der Waals surface area contributed by atoms with E-state index in [1.807, 2.05) is 0 Å². The minimum absolute atomic E-state index is 0.00887. The lowest BCUT2D eigenvalue weighted by Crippen LogP contribution is -2.68. The van der Waals surface area contributed by atoms with E-state index in [2.05, 4.69) is 5.32 Å². The Morgan fingerprint density at radius 3 is 2.31 bits per heavy atom. The number of nitrogens with zero attached hydrogens (tertiary/aromatic N) is 2. The van der Waals surface area contributed by atoms with Crippen molar-refractivity contribution in [2.75, 3.05) is 18.0 Å².